The van der Waals surface area contributed by atoms with Gasteiger partial charge in [-0.1, -0.05) is 36.8 Å². The predicted molar refractivity (Wildman–Crippen MR) is 99.8 cm³/mol. The molecule has 3 amide bonds. The van der Waals surface area contributed by atoms with Crippen LogP contribution in [-0.2, 0) is 16.0 Å². The van der Waals surface area contributed by atoms with E-state index < -0.39 is 0 Å². The maximum Gasteiger partial charge on any atom is 0.317 e. The molecule has 2 fully saturated rings. The highest BCUT2D eigenvalue weighted by atomic mass is 16.5. The number of carbonyl (C=O) groups is 2. The summed E-state index contributed by atoms with van der Waals surface area (Å²) in [5.74, 6) is -0.0481. The van der Waals surface area contributed by atoms with Crippen molar-refractivity contribution in [3.8, 4) is 0 Å². The van der Waals surface area contributed by atoms with Crippen molar-refractivity contribution in [3.63, 3.8) is 0 Å². The predicted octanol–water partition coefficient (Wildman–Crippen LogP) is 1.95. The topological polar surface area (TPSA) is 70.7 Å². The van der Waals surface area contributed by atoms with Gasteiger partial charge < -0.3 is 20.3 Å². The monoisotopic (exact) mass is 359 g/mol. The van der Waals surface area contributed by atoms with E-state index in [1.807, 2.05) is 23.1 Å². The van der Waals surface area contributed by atoms with Gasteiger partial charge in [0.2, 0.25) is 5.91 Å². The largest absolute Gasteiger partial charge is 0.380 e. The molecule has 1 aromatic carbocycles. The number of hydrogen-bond acceptors (Lipinski definition) is 3. The summed E-state index contributed by atoms with van der Waals surface area (Å²) >= 11 is 0. The van der Waals surface area contributed by atoms with E-state index in [2.05, 4.69) is 22.8 Å². The highest BCUT2D eigenvalue weighted by Crippen LogP contribution is 2.30. The Balaban J connectivity index is 1.61. The summed E-state index contributed by atoms with van der Waals surface area (Å²) in [5, 5.41) is 6.00. The van der Waals surface area contributed by atoms with Crippen molar-refractivity contribution in [2.24, 2.45) is 5.92 Å². The Bertz CT molecular complexity index is 593. The third-order valence-electron chi connectivity index (χ3n) is 5.24. The molecule has 2 aliphatic rings. The number of hydrogen-bond donors (Lipinski definition) is 2. The van der Waals surface area contributed by atoms with Crippen molar-refractivity contribution >= 4 is 11.9 Å². The molecule has 0 spiro atoms. The van der Waals surface area contributed by atoms with Gasteiger partial charge >= 0.3 is 6.03 Å². The van der Waals surface area contributed by atoms with Gasteiger partial charge in [-0.25, -0.2) is 4.79 Å². The fraction of sp³-hybridized carbons (Fsp3) is 0.600. The van der Waals surface area contributed by atoms with Gasteiger partial charge in [0.1, 0.15) is 0 Å². The summed E-state index contributed by atoms with van der Waals surface area (Å²) < 4.78 is 5.53. The van der Waals surface area contributed by atoms with Crippen LogP contribution in [0.3, 0.4) is 0 Å². The molecule has 1 aliphatic heterocycles. The molecular formula is C20H29N3O3. The molecule has 0 aromatic heterocycles. The zero-order chi connectivity index (χ0) is 18.2. The van der Waals surface area contributed by atoms with Gasteiger partial charge in [0.25, 0.3) is 0 Å². The van der Waals surface area contributed by atoms with Crippen LogP contribution < -0.4 is 10.6 Å². The quantitative estimate of drug-likeness (QED) is 0.867. The second-order valence-electron chi connectivity index (χ2n) is 7.02. The van der Waals surface area contributed by atoms with E-state index in [1.165, 1.54) is 5.56 Å². The zero-order valence-corrected chi connectivity index (χ0v) is 15.3. The first kappa shape index (κ1) is 18.7. The van der Waals surface area contributed by atoms with Crippen LogP contribution in [0.15, 0.2) is 30.3 Å². The summed E-state index contributed by atoms with van der Waals surface area (Å²) in [6.45, 7) is 2.92. The Labute approximate surface area is 155 Å². The molecular weight excluding hydrogens is 330 g/mol. The van der Waals surface area contributed by atoms with Gasteiger partial charge in [-0.2, -0.15) is 0 Å². The Morgan fingerprint density at radius 2 is 2.04 bits per heavy atom. The van der Waals surface area contributed by atoms with Crippen molar-refractivity contribution in [1.82, 2.24) is 15.5 Å². The minimum atomic E-state index is -0.104. The minimum absolute atomic E-state index is 0.00942. The van der Waals surface area contributed by atoms with E-state index in [1.54, 1.807) is 0 Å². The summed E-state index contributed by atoms with van der Waals surface area (Å²) in [6.07, 6.45) is 4.34. The van der Waals surface area contributed by atoms with Crippen molar-refractivity contribution < 1.29 is 14.3 Å². The summed E-state index contributed by atoms with van der Waals surface area (Å²) in [7, 11) is 0. The number of benzene rings is 1. The zero-order valence-electron chi connectivity index (χ0n) is 15.3. The molecule has 0 radical (unpaired) electrons. The van der Waals surface area contributed by atoms with Gasteiger partial charge in [0.05, 0.1) is 12.5 Å². The second-order valence-corrected chi connectivity index (χ2v) is 7.02. The average molecular weight is 359 g/mol. The van der Waals surface area contributed by atoms with Crippen LogP contribution in [-0.4, -0.2) is 55.7 Å². The van der Waals surface area contributed by atoms with Crippen LogP contribution in [0.5, 0.6) is 0 Å². The smallest absolute Gasteiger partial charge is 0.317 e. The van der Waals surface area contributed by atoms with Gasteiger partial charge in [0, 0.05) is 32.3 Å². The summed E-state index contributed by atoms with van der Waals surface area (Å²) in [5.41, 5.74) is 1.21. The first-order valence-corrected chi connectivity index (χ1v) is 9.69. The molecule has 2 atom stereocenters. The lowest BCUT2D eigenvalue weighted by Gasteiger charge is -2.32. The molecule has 142 valence electrons. The molecule has 0 bridgehead atoms. The first-order chi connectivity index (χ1) is 12.8. The van der Waals surface area contributed by atoms with Crippen molar-refractivity contribution in [2.45, 2.75) is 38.1 Å². The van der Waals surface area contributed by atoms with E-state index in [0.717, 1.165) is 32.1 Å². The number of fused-ring (bicyclic) bond motifs is 1. The molecule has 1 saturated carbocycles. The Morgan fingerprint density at radius 1 is 1.19 bits per heavy atom. The van der Waals surface area contributed by atoms with E-state index in [9.17, 15) is 9.59 Å². The molecule has 1 saturated heterocycles. The third kappa shape index (κ3) is 4.97. The molecule has 1 heterocycles. The molecule has 6 nitrogen and oxygen atoms in total. The Morgan fingerprint density at radius 3 is 2.88 bits per heavy atom. The number of rotatable bonds is 3. The minimum Gasteiger partial charge on any atom is -0.380 e. The lowest BCUT2D eigenvalue weighted by Crippen LogP contribution is -2.51. The normalized spacial score (nSPS) is 24.3. The van der Waals surface area contributed by atoms with E-state index in [-0.39, 0.29) is 23.9 Å². The van der Waals surface area contributed by atoms with Gasteiger partial charge in [-0.15, -0.1) is 0 Å². The first-order valence-electron chi connectivity index (χ1n) is 9.69. The van der Waals surface area contributed by atoms with Crippen molar-refractivity contribution in [1.29, 1.82) is 0 Å². The van der Waals surface area contributed by atoms with E-state index in [4.69, 9.17) is 4.74 Å². The highest BCUT2D eigenvalue weighted by Gasteiger charge is 2.38. The number of amides is 3. The number of nitrogens with one attached hydrogen (secondary N) is 2. The number of urea groups is 1. The molecule has 1 aromatic rings. The summed E-state index contributed by atoms with van der Waals surface area (Å²) in [4.78, 5) is 27.2. The fourth-order valence-electron chi connectivity index (χ4n) is 3.91. The number of ether oxygens (including phenoxy) is 1. The van der Waals surface area contributed by atoms with Gasteiger partial charge in [0.15, 0.2) is 0 Å². The fourth-order valence-corrected chi connectivity index (χ4v) is 3.91. The molecule has 26 heavy (non-hydrogen) atoms. The maximum absolute atomic E-state index is 12.8. The summed E-state index contributed by atoms with van der Waals surface area (Å²) in [6, 6.07) is 10.1. The SMILES string of the molecule is O=C1NCCOCCCN(C(=O)NCCc2ccccc2)C2CCCC12. The van der Waals surface area contributed by atoms with Gasteiger partial charge in [-0.3, -0.25) is 4.79 Å². The molecule has 3 rings (SSSR count). The Hall–Kier alpha value is -2.08. The Kier molecular flexibility index (Phi) is 6.89. The maximum atomic E-state index is 12.8. The lowest BCUT2D eigenvalue weighted by molar-refractivity contribution is -0.126. The van der Waals surface area contributed by atoms with Gasteiger partial charge in [-0.05, 0) is 31.2 Å². The number of carbonyl (C=O) groups excluding carboxylic acids is 2. The molecule has 6 heteroatoms. The molecule has 2 unspecified atom stereocenters. The van der Waals surface area contributed by atoms with Crippen molar-refractivity contribution in [2.75, 3.05) is 32.8 Å². The van der Waals surface area contributed by atoms with Crippen LogP contribution in [0.1, 0.15) is 31.2 Å². The van der Waals surface area contributed by atoms with Crippen LogP contribution in [0, 0.1) is 5.92 Å². The highest BCUT2D eigenvalue weighted by molar-refractivity contribution is 5.81. The molecule has 1 aliphatic carbocycles. The van der Waals surface area contributed by atoms with Crippen LogP contribution in [0.25, 0.3) is 0 Å². The molecule has 2 N–H and O–H groups in total. The third-order valence-corrected chi connectivity index (χ3v) is 5.24. The van der Waals surface area contributed by atoms with E-state index in [0.29, 0.717) is 32.8 Å². The van der Waals surface area contributed by atoms with Crippen molar-refractivity contribution in [3.05, 3.63) is 35.9 Å². The van der Waals surface area contributed by atoms with Crippen LogP contribution in [0.2, 0.25) is 0 Å². The van der Waals surface area contributed by atoms with E-state index >= 15 is 0 Å². The standard InChI is InChI=1S/C20H29N3O3/c24-19-17-8-4-9-18(17)23(13-5-14-26-15-12-21-19)20(25)22-11-10-16-6-2-1-3-7-16/h1-3,6-7,17-18H,4-5,8-15H2,(H,21,24)(H,22,25). The second kappa shape index (κ2) is 9.57. The van der Waals surface area contributed by atoms with Crippen LogP contribution >= 0.6 is 0 Å². The van der Waals surface area contributed by atoms with Crippen LogP contribution in [0.4, 0.5) is 4.79 Å². The number of nitrogens with zero attached hydrogens (tertiary/aromatic N) is 1. The average Bonchev–Trinajstić information content (AvgIpc) is 3.12. The lowest BCUT2D eigenvalue weighted by atomic mass is 10.0.